The second-order valence-corrected chi connectivity index (χ2v) is 6.89. The molecule has 1 heterocycles. The summed E-state index contributed by atoms with van der Waals surface area (Å²) in [4.78, 5) is 31.3. The summed E-state index contributed by atoms with van der Waals surface area (Å²) in [5.41, 5.74) is 3.05. The van der Waals surface area contributed by atoms with E-state index in [9.17, 15) is 14.7 Å². The van der Waals surface area contributed by atoms with Gasteiger partial charge in [-0.05, 0) is 43.7 Å². The SMILES string of the molecule is CCN(CC)C(=O)c1ccc(Nc2nc(-c3ccccc3CO)cn(C)c2=O)cc1. The number of rotatable bonds is 7. The van der Waals surface area contributed by atoms with Gasteiger partial charge in [0.1, 0.15) is 0 Å². The molecule has 156 valence electrons. The summed E-state index contributed by atoms with van der Waals surface area (Å²) < 4.78 is 1.46. The van der Waals surface area contributed by atoms with Crippen LogP contribution >= 0.6 is 0 Å². The lowest BCUT2D eigenvalue weighted by Crippen LogP contribution is -2.30. The first-order valence-corrected chi connectivity index (χ1v) is 9.91. The van der Waals surface area contributed by atoms with E-state index in [1.165, 1.54) is 4.57 Å². The molecule has 0 saturated heterocycles. The molecular formula is C23H26N4O3. The Morgan fingerprint density at radius 2 is 1.77 bits per heavy atom. The van der Waals surface area contributed by atoms with Crippen molar-refractivity contribution >= 4 is 17.4 Å². The number of amides is 1. The number of aliphatic hydroxyl groups is 1. The number of carbonyl (C=O) groups excluding carboxylic acids is 1. The van der Waals surface area contributed by atoms with E-state index >= 15 is 0 Å². The van der Waals surface area contributed by atoms with Crippen molar-refractivity contribution in [3.8, 4) is 11.3 Å². The highest BCUT2D eigenvalue weighted by Crippen LogP contribution is 2.23. The molecule has 0 atom stereocenters. The van der Waals surface area contributed by atoms with Gasteiger partial charge in [-0.25, -0.2) is 4.98 Å². The smallest absolute Gasteiger partial charge is 0.293 e. The maximum Gasteiger partial charge on any atom is 0.293 e. The second-order valence-electron chi connectivity index (χ2n) is 6.89. The Kier molecular flexibility index (Phi) is 6.64. The van der Waals surface area contributed by atoms with Crippen LogP contribution < -0.4 is 10.9 Å². The first-order valence-electron chi connectivity index (χ1n) is 9.91. The summed E-state index contributed by atoms with van der Waals surface area (Å²) in [6.45, 7) is 5.07. The maximum atomic E-state index is 12.6. The second kappa shape index (κ2) is 9.37. The summed E-state index contributed by atoms with van der Waals surface area (Å²) in [7, 11) is 1.66. The Hall–Kier alpha value is -3.45. The lowest BCUT2D eigenvalue weighted by Gasteiger charge is -2.18. The van der Waals surface area contributed by atoms with Crippen LogP contribution in [0.4, 0.5) is 11.5 Å². The molecule has 1 aromatic heterocycles. The fourth-order valence-corrected chi connectivity index (χ4v) is 3.25. The van der Waals surface area contributed by atoms with Crippen LogP contribution in [0, 0.1) is 0 Å². The van der Waals surface area contributed by atoms with Gasteiger partial charge in [-0.15, -0.1) is 0 Å². The van der Waals surface area contributed by atoms with E-state index in [-0.39, 0.29) is 23.9 Å². The van der Waals surface area contributed by atoms with Crippen molar-refractivity contribution in [3.05, 3.63) is 76.2 Å². The minimum atomic E-state index is -0.275. The number of nitrogens with zero attached hydrogens (tertiary/aromatic N) is 3. The molecule has 3 aromatic rings. The van der Waals surface area contributed by atoms with Gasteiger partial charge in [-0.2, -0.15) is 0 Å². The average Bonchev–Trinajstić information content (AvgIpc) is 2.78. The third-order valence-corrected chi connectivity index (χ3v) is 4.98. The number of benzene rings is 2. The molecule has 2 aromatic carbocycles. The van der Waals surface area contributed by atoms with Crippen molar-refractivity contribution in [2.45, 2.75) is 20.5 Å². The van der Waals surface area contributed by atoms with Crippen LogP contribution in [0.1, 0.15) is 29.8 Å². The van der Waals surface area contributed by atoms with Gasteiger partial charge in [-0.3, -0.25) is 9.59 Å². The van der Waals surface area contributed by atoms with Crippen LogP contribution in [0.15, 0.2) is 59.5 Å². The number of aliphatic hydroxyl groups excluding tert-OH is 1. The van der Waals surface area contributed by atoms with Crippen LogP contribution in [-0.4, -0.2) is 38.6 Å². The predicted molar refractivity (Wildman–Crippen MR) is 118 cm³/mol. The summed E-state index contributed by atoms with van der Waals surface area (Å²) in [5.74, 6) is 0.147. The first kappa shape index (κ1) is 21.3. The zero-order valence-corrected chi connectivity index (χ0v) is 17.4. The summed E-state index contributed by atoms with van der Waals surface area (Å²) in [6, 6.07) is 14.4. The van der Waals surface area contributed by atoms with Gasteiger partial charge in [0.05, 0.1) is 12.3 Å². The Labute approximate surface area is 175 Å². The van der Waals surface area contributed by atoms with Gasteiger partial charge >= 0.3 is 0 Å². The van der Waals surface area contributed by atoms with Crippen molar-refractivity contribution in [2.24, 2.45) is 7.05 Å². The van der Waals surface area contributed by atoms with Crippen molar-refractivity contribution in [1.82, 2.24) is 14.5 Å². The quantitative estimate of drug-likeness (QED) is 0.629. The van der Waals surface area contributed by atoms with E-state index in [0.717, 1.165) is 11.1 Å². The molecule has 30 heavy (non-hydrogen) atoms. The number of anilines is 2. The summed E-state index contributed by atoms with van der Waals surface area (Å²) in [6.07, 6.45) is 1.65. The molecule has 0 bridgehead atoms. The van der Waals surface area contributed by atoms with E-state index in [4.69, 9.17) is 0 Å². The molecule has 0 aliphatic carbocycles. The van der Waals surface area contributed by atoms with Crippen LogP contribution in [0.2, 0.25) is 0 Å². The number of carbonyl (C=O) groups is 1. The Bertz CT molecular complexity index is 1090. The zero-order chi connectivity index (χ0) is 21.7. The molecule has 0 aliphatic rings. The highest BCUT2D eigenvalue weighted by molar-refractivity contribution is 5.94. The molecule has 7 heteroatoms. The maximum absolute atomic E-state index is 12.6. The molecular weight excluding hydrogens is 380 g/mol. The van der Waals surface area contributed by atoms with E-state index in [1.54, 1.807) is 42.4 Å². The Morgan fingerprint density at radius 3 is 2.40 bits per heavy atom. The Balaban J connectivity index is 1.91. The predicted octanol–water partition coefficient (Wildman–Crippen LogP) is 3.17. The number of aryl methyl sites for hydroxylation is 1. The Morgan fingerprint density at radius 1 is 1.10 bits per heavy atom. The molecule has 2 N–H and O–H groups in total. The summed E-state index contributed by atoms with van der Waals surface area (Å²) in [5, 5.41) is 12.7. The summed E-state index contributed by atoms with van der Waals surface area (Å²) >= 11 is 0. The van der Waals surface area contributed by atoms with Crippen molar-refractivity contribution in [2.75, 3.05) is 18.4 Å². The molecule has 0 radical (unpaired) electrons. The average molecular weight is 406 g/mol. The molecule has 7 nitrogen and oxygen atoms in total. The molecule has 3 rings (SSSR count). The number of aromatic nitrogens is 2. The van der Waals surface area contributed by atoms with Gasteiger partial charge < -0.3 is 19.9 Å². The minimum Gasteiger partial charge on any atom is -0.392 e. The van der Waals surface area contributed by atoms with E-state index < -0.39 is 0 Å². The van der Waals surface area contributed by atoms with Crippen molar-refractivity contribution in [3.63, 3.8) is 0 Å². The van der Waals surface area contributed by atoms with Crippen LogP contribution in [0.5, 0.6) is 0 Å². The standard InChI is InChI=1S/C23H26N4O3/c1-4-27(5-2)22(29)16-10-12-18(13-11-16)24-21-23(30)26(3)14-20(25-21)19-9-7-6-8-17(19)15-28/h6-14,28H,4-5,15H2,1-3H3,(H,24,25). The van der Waals surface area contributed by atoms with Crippen molar-refractivity contribution in [1.29, 1.82) is 0 Å². The number of nitrogens with one attached hydrogen (secondary N) is 1. The molecule has 0 aliphatic heterocycles. The lowest BCUT2D eigenvalue weighted by molar-refractivity contribution is 0.0773. The highest BCUT2D eigenvalue weighted by atomic mass is 16.3. The molecule has 0 spiro atoms. The van der Waals surface area contributed by atoms with Gasteiger partial charge in [0.25, 0.3) is 11.5 Å². The number of hydrogen-bond donors (Lipinski definition) is 2. The number of hydrogen-bond acceptors (Lipinski definition) is 5. The fraction of sp³-hybridized carbons (Fsp3) is 0.261. The van der Waals surface area contributed by atoms with E-state index in [0.29, 0.717) is 30.0 Å². The third kappa shape index (κ3) is 4.41. The normalized spacial score (nSPS) is 10.7. The topological polar surface area (TPSA) is 87.5 Å². The monoisotopic (exact) mass is 406 g/mol. The highest BCUT2D eigenvalue weighted by Gasteiger charge is 2.14. The van der Waals surface area contributed by atoms with Gasteiger partial charge in [0.2, 0.25) is 0 Å². The van der Waals surface area contributed by atoms with Crippen LogP contribution in [0.3, 0.4) is 0 Å². The van der Waals surface area contributed by atoms with Crippen LogP contribution in [-0.2, 0) is 13.7 Å². The molecule has 1 amide bonds. The van der Waals surface area contributed by atoms with Crippen molar-refractivity contribution < 1.29 is 9.90 Å². The minimum absolute atomic E-state index is 0.0248. The fourth-order valence-electron chi connectivity index (χ4n) is 3.25. The van der Waals surface area contributed by atoms with Gasteiger partial charge in [-0.1, -0.05) is 24.3 Å². The van der Waals surface area contributed by atoms with Gasteiger partial charge in [0, 0.05) is 43.1 Å². The van der Waals surface area contributed by atoms with Gasteiger partial charge in [0.15, 0.2) is 5.82 Å². The third-order valence-electron chi connectivity index (χ3n) is 4.98. The van der Waals surface area contributed by atoms with E-state index in [2.05, 4.69) is 10.3 Å². The molecule has 0 saturated carbocycles. The molecule has 0 fully saturated rings. The lowest BCUT2D eigenvalue weighted by atomic mass is 10.1. The van der Waals surface area contributed by atoms with Crippen LogP contribution in [0.25, 0.3) is 11.3 Å². The molecule has 0 unspecified atom stereocenters. The largest absolute Gasteiger partial charge is 0.392 e. The van der Waals surface area contributed by atoms with E-state index in [1.807, 2.05) is 38.1 Å². The first-order chi connectivity index (χ1) is 14.5. The zero-order valence-electron chi connectivity index (χ0n) is 17.4.